The van der Waals surface area contributed by atoms with E-state index in [1.165, 1.54) is 21.0 Å². The van der Waals surface area contributed by atoms with Crippen molar-refractivity contribution < 1.29 is 0 Å². The van der Waals surface area contributed by atoms with E-state index in [1.807, 2.05) is 30.3 Å². The van der Waals surface area contributed by atoms with Gasteiger partial charge >= 0.3 is 0 Å². The van der Waals surface area contributed by atoms with Gasteiger partial charge in [-0.2, -0.15) is 0 Å². The van der Waals surface area contributed by atoms with Crippen LogP contribution in [0, 0.1) is 0 Å². The molecule has 0 radical (unpaired) electrons. The van der Waals surface area contributed by atoms with Gasteiger partial charge in [-0.25, -0.2) is 15.0 Å². The lowest BCUT2D eigenvalue weighted by Gasteiger charge is -2.24. The minimum absolute atomic E-state index is 0.296. The van der Waals surface area contributed by atoms with Gasteiger partial charge in [0.25, 0.3) is 0 Å². The van der Waals surface area contributed by atoms with Crippen molar-refractivity contribution in [3.63, 3.8) is 0 Å². The van der Waals surface area contributed by atoms with E-state index >= 15 is 0 Å². The van der Waals surface area contributed by atoms with Gasteiger partial charge in [0.2, 0.25) is 0 Å². The third-order valence-corrected chi connectivity index (χ3v) is 12.0. The maximum Gasteiger partial charge on any atom is 0.159 e. The SMILES string of the molecule is c1ccc(C2=NC(c3ccc(-c4ccccc4)c(-n4c5ccccc5c5c(-c6ccc7sc(-c8ccccc8)nc7c6)cccc54)c3)=NC(c3ccccc3)N2)cc1. The molecule has 0 fully saturated rings. The van der Waals surface area contributed by atoms with Gasteiger partial charge in [0.15, 0.2) is 5.84 Å². The summed E-state index contributed by atoms with van der Waals surface area (Å²) in [7, 11) is 0. The molecule has 8 aromatic carbocycles. The Labute approximate surface area is 340 Å². The van der Waals surface area contributed by atoms with Crippen LogP contribution in [0.5, 0.6) is 0 Å². The number of nitrogens with one attached hydrogen (secondary N) is 1. The van der Waals surface area contributed by atoms with Crippen LogP contribution in [0.3, 0.4) is 0 Å². The highest BCUT2D eigenvalue weighted by atomic mass is 32.1. The van der Waals surface area contributed by atoms with Crippen molar-refractivity contribution >= 4 is 55.0 Å². The first kappa shape index (κ1) is 33.9. The van der Waals surface area contributed by atoms with Gasteiger partial charge in [0, 0.05) is 33.0 Å². The van der Waals surface area contributed by atoms with Crippen LogP contribution >= 0.6 is 11.3 Å². The summed E-state index contributed by atoms with van der Waals surface area (Å²) in [5.74, 6) is 1.47. The second-order valence-electron chi connectivity index (χ2n) is 14.5. The summed E-state index contributed by atoms with van der Waals surface area (Å²) in [5, 5.41) is 7.03. The highest BCUT2D eigenvalue weighted by molar-refractivity contribution is 7.21. The molecule has 0 spiro atoms. The Kier molecular flexibility index (Phi) is 8.34. The second kappa shape index (κ2) is 14.3. The van der Waals surface area contributed by atoms with Crippen molar-refractivity contribution in [2.24, 2.45) is 9.98 Å². The zero-order valence-electron chi connectivity index (χ0n) is 31.3. The van der Waals surface area contributed by atoms with Gasteiger partial charge < -0.3 is 9.88 Å². The van der Waals surface area contributed by atoms with Gasteiger partial charge in [-0.1, -0.05) is 170 Å². The Hall–Kier alpha value is -7.41. The number of para-hydroxylation sites is 1. The molecule has 3 heterocycles. The lowest BCUT2D eigenvalue weighted by Crippen LogP contribution is -2.33. The number of thiazole rings is 1. The molecule has 1 unspecified atom stereocenters. The van der Waals surface area contributed by atoms with E-state index in [0.29, 0.717) is 5.84 Å². The number of fused-ring (bicyclic) bond motifs is 4. The Balaban J connectivity index is 1.12. The molecular weight excluding hydrogens is 727 g/mol. The van der Waals surface area contributed by atoms with Crippen molar-refractivity contribution in [2.45, 2.75) is 6.17 Å². The fourth-order valence-electron chi connectivity index (χ4n) is 8.16. The van der Waals surface area contributed by atoms with E-state index in [4.69, 9.17) is 15.0 Å². The number of amidine groups is 2. The van der Waals surface area contributed by atoms with Crippen molar-refractivity contribution in [1.82, 2.24) is 14.9 Å². The number of nitrogens with zero attached hydrogens (tertiary/aromatic N) is 4. The van der Waals surface area contributed by atoms with E-state index in [2.05, 4.69) is 180 Å². The number of benzene rings is 8. The quantitative estimate of drug-likeness (QED) is 0.176. The Bertz CT molecular complexity index is 3180. The maximum absolute atomic E-state index is 5.25. The monoisotopic (exact) mass is 761 g/mol. The Morgan fingerprint density at radius 2 is 1.16 bits per heavy atom. The minimum Gasteiger partial charge on any atom is -0.344 e. The van der Waals surface area contributed by atoms with Gasteiger partial charge in [0.05, 0.1) is 26.9 Å². The smallest absolute Gasteiger partial charge is 0.159 e. The van der Waals surface area contributed by atoms with Crippen LogP contribution in [-0.4, -0.2) is 21.2 Å². The summed E-state index contributed by atoms with van der Waals surface area (Å²) in [6.45, 7) is 0. The van der Waals surface area contributed by atoms with E-state index in [1.54, 1.807) is 11.3 Å². The first-order valence-electron chi connectivity index (χ1n) is 19.5. The highest BCUT2D eigenvalue weighted by Crippen LogP contribution is 2.42. The van der Waals surface area contributed by atoms with Gasteiger partial charge in [-0.05, 0) is 52.6 Å². The summed E-state index contributed by atoms with van der Waals surface area (Å²) < 4.78 is 3.60. The predicted octanol–water partition coefficient (Wildman–Crippen LogP) is 12.9. The number of hydrogen-bond acceptors (Lipinski definition) is 5. The molecule has 58 heavy (non-hydrogen) atoms. The standard InChI is InChI=1S/C52H35N5S/c1-5-16-34(17-6-1)40-30-28-39(51-55-49(35-18-7-2-8-19-35)54-50(56-51)36-20-9-3-10-21-36)33-46(40)57-44-26-14-13-24-42(44)48-41(25-15-27-45(48)57)38-29-31-47-43(32-38)53-52(58-47)37-22-11-4-12-23-37/h1-33,49H,(H,54,55,56). The van der Waals surface area contributed by atoms with Crippen molar-refractivity contribution in [1.29, 1.82) is 0 Å². The molecule has 0 saturated carbocycles. The molecule has 0 aliphatic carbocycles. The molecule has 0 saturated heterocycles. The zero-order chi connectivity index (χ0) is 38.4. The minimum atomic E-state index is -0.296. The third-order valence-electron chi connectivity index (χ3n) is 10.9. The van der Waals surface area contributed by atoms with Crippen LogP contribution in [0.4, 0.5) is 0 Å². The molecule has 6 heteroatoms. The molecule has 1 N–H and O–H groups in total. The Morgan fingerprint density at radius 1 is 0.500 bits per heavy atom. The van der Waals surface area contributed by atoms with Crippen molar-refractivity contribution in [3.8, 4) is 38.5 Å². The zero-order valence-corrected chi connectivity index (χ0v) is 32.1. The number of hydrogen-bond donors (Lipinski definition) is 1. The first-order chi connectivity index (χ1) is 28.7. The summed E-state index contributed by atoms with van der Waals surface area (Å²) >= 11 is 1.73. The average molecular weight is 762 g/mol. The van der Waals surface area contributed by atoms with Crippen LogP contribution in [0.1, 0.15) is 22.9 Å². The van der Waals surface area contributed by atoms with E-state index < -0.39 is 0 Å². The normalized spacial score (nSPS) is 14.0. The molecule has 2 aromatic heterocycles. The molecule has 274 valence electrons. The Morgan fingerprint density at radius 3 is 1.93 bits per heavy atom. The summed E-state index contributed by atoms with van der Waals surface area (Å²) in [5.41, 5.74) is 13.1. The topological polar surface area (TPSA) is 54.6 Å². The second-order valence-corrected chi connectivity index (χ2v) is 15.5. The van der Waals surface area contributed by atoms with E-state index in [0.717, 1.165) is 72.0 Å². The molecule has 1 aliphatic heterocycles. The van der Waals surface area contributed by atoms with Gasteiger partial charge in [-0.3, -0.25) is 0 Å². The average Bonchev–Trinajstić information content (AvgIpc) is 3.89. The molecule has 10 aromatic rings. The predicted molar refractivity (Wildman–Crippen MR) is 242 cm³/mol. The van der Waals surface area contributed by atoms with Crippen molar-refractivity contribution in [2.75, 3.05) is 0 Å². The fraction of sp³-hybridized carbons (Fsp3) is 0.0192. The third kappa shape index (κ3) is 5.99. The molecular formula is C52H35N5S. The summed E-state index contributed by atoms with van der Waals surface area (Å²) in [6.07, 6.45) is -0.296. The van der Waals surface area contributed by atoms with Gasteiger partial charge in [-0.15, -0.1) is 11.3 Å². The summed E-state index contributed by atoms with van der Waals surface area (Å²) in [4.78, 5) is 15.5. The molecule has 0 amide bonds. The highest BCUT2D eigenvalue weighted by Gasteiger charge is 2.24. The molecule has 11 rings (SSSR count). The first-order valence-corrected chi connectivity index (χ1v) is 20.3. The molecule has 5 nitrogen and oxygen atoms in total. The number of aromatic nitrogens is 2. The number of rotatable bonds is 7. The number of aliphatic imine (C=N–C) groups is 2. The van der Waals surface area contributed by atoms with Gasteiger partial charge in [0.1, 0.15) is 17.0 Å². The lowest BCUT2D eigenvalue weighted by molar-refractivity contribution is 0.674. The van der Waals surface area contributed by atoms with Crippen molar-refractivity contribution in [3.05, 3.63) is 217 Å². The van der Waals surface area contributed by atoms with E-state index in [-0.39, 0.29) is 6.17 Å². The van der Waals surface area contributed by atoms with Crippen LogP contribution in [0.2, 0.25) is 0 Å². The summed E-state index contributed by atoms with van der Waals surface area (Å²) in [6, 6.07) is 70.5. The fourth-order valence-corrected chi connectivity index (χ4v) is 9.11. The van der Waals surface area contributed by atoms with Crippen LogP contribution in [0.15, 0.2) is 210 Å². The van der Waals surface area contributed by atoms with Crippen LogP contribution in [0.25, 0.3) is 70.5 Å². The maximum atomic E-state index is 5.25. The molecule has 1 atom stereocenters. The molecule has 1 aliphatic rings. The molecule has 0 bridgehead atoms. The van der Waals surface area contributed by atoms with Crippen LogP contribution in [-0.2, 0) is 0 Å². The van der Waals surface area contributed by atoms with Crippen LogP contribution < -0.4 is 5.32 Å². The largest absolute Gasteiger partial charge is 0.344 e. The van der Waals surface area contributed by atoms with E-state index in [9.17, 15) is 0 Å². The lowest BCUT2D eigenvalue weighted by atomic mass is 9.99.